The van der Waals surface area contributed by atoms with Gasteiger partial charge in [-0.3, -0.25) is 19.2 Å². The van der Waals surface area contributed by atoms with Crippen LogP contribution < -0.4 is 21.7 Å². The maximum Gasteiger partial charge on any atom is 0.315 e. The zero-order valence-corrected chi connectivity index (χ0v) is 22.8. The molecule has 3 aliphatic rings. The number of nitrogens with zero attached hydrogens (tertiary/aromatic N) is 1. The topological polar surface area (TPSA) is 151 Å². The summed E-state index contributed by atoms with van der Waals surface area (Å²) in [5.41, 5.74) is 0.500. The molecule has 214 valence electrons. The van der Waals surface area contributed by atoms with Crippen LogP contribution in [0.3, 0.4) is 0 Å². The van der Waals surface area contributed by atoms with Gasteiger partial charge in [0.1, 0.15) is 12.1 Å². The van der Waals surface area contributed by atoms with E-state index in [0.717, 1.165) is 24.2 Å². The highest BCUT2D eigenvalue weighted by atomic mass is 16.2. The van der Waals surface area contributed by atoms with Gasteiger partial charge in [0.25, 0.3) is 5.91 Å². The van der Waals surface area contributed by atoms with Crippen molar-refractivity contribution in [2.24, 2.45) is 34.3 Å². The predicted molar refractivity (Wildman–Crippen MR) is 144 cm³/mol. The van der Waals surface area contributed by atoms with Crippen molar-refractivity contribution in [1.29, 1.82) is 0 Å². The second-order valence-electron chi connectivity index (χ2n) is 12.7. The lowest BCUT2D eigenvalue weighted by molar-refractivity contribution is -0.144. The number of nitrogens with two attached hydrogens (primary N) is 1. The number of rotatable bonds is 9. The SMILES string of the molecule is [2H]C([2H])([2H])C(C[C@H](NC(=O)NC(C)(C)C)C(=O)N1C[C@H]2[C@@H]([C@H]1C(=O)NC(CC1CCC1)C(=O)C(N)=O)C2(C)C)(C([2H])([2H])[2H])C([2H])([2H])[2H]. The maximum absolute atomic E-state index is 14.4. The summed E-state index contributed by atoms with van der Waals surface area (Å²) >= 11 is 0. The number of piperidine rings is 1. The minimum atomic E-state index is -3.65. The Hall–Kier alpha value is -2.65. The monoisotopic (exact) mass is 542 g/mol. The van der Waals surface area contributed by atoms with Gasteiger partial charge in [-0.25, -0.2) is 4.79 Å². The number of Topliss-reactive ketones (excluding diaryl/α,β-unsaturated/α-hetero) is 1. The minimum Gasteiger partial charge on any atom is -0.363 e. The predicted octanol–water partition coefficient (Wildman–Crippen LogP) is 2.10. The zero-order chi connectivity index (χ0) is 36.3. The Morgan fingerprint density at radius 1 is 1.05 bits per heavy atom. The van der Waals surface area contributed by atoms with Crippen LogP contribution in [0.15, 0.2) is 0 Å². The first-order valence-electron chi connectivity index (χ1n) is 17.6. The summed E-state index contributed by atoms with van der Waals surface area (Å²) in [4.78, 5) is 67.0. The van der Waals surface area contributed by atoms with E-state index in [1.54, 1.807) is 20.8 Å². The van der Waals surface area contributed by atoms with Crippen LogP contribution in [0.5, 0.6) is 0 Å². The zero-order valence-electron chi connectivity index (χ0n) is 31.8. The number of hydrogen-bond donors (Lipinski definition) is 4. The van der Waals surface area contributed by atoms with Crippen LogP contribution >= 0.6 is 0 Å². The summed E-state index contributed by atoms with van der Waals surface area (Å²) in [5.74, 6) is -4.66. The highest BCUT2D eigenvalue weighted by molar-refractivity contribution is 6.37. The van der Waals surface area contributed by atoms with Crippen molar-refractivity contribution in [2.45, 2.75) is 111 Å². The van der Waals surface area contributed by atoms with Gasteiger partial charge in [-0.15, -0.1) is 0 Å². The number of urea groups is 1. The first-order chi connectivity index (χ1) is 21.1. The molecule has 38 heavy (non-hydrogen) atoms. The van der Waals surface area contributed by atoms with Gasteiger partial charge < -0.3 is 26.6 Å². The smallest absolute Gasteiger partial charge is 0.315 e. The van der Waals surface area contributed by atoms with Gasteiger partial charge in [-0.05, 0) is 62.2 Å². The second-order valence-corrected chi connectivity index (χ2v) is 12.7. The van der Waals surface area contributed by atoms with Gasteiger partial charge in [0.2, 0.25) is 17.6 Å². The molecule has 3 fully saturated rings. The highest BCUT2D eigenvalue weighted by Crippen LogP contribution is 2.65. The molecule has 1 unspecified atom stereocenters. The summed E-state index contributed by atoms with van der Waals surface area (Å²) in [6.07, 6.45) is 1.36. The van der Waals surface area contributed by atoms with Gasteiger partial charge >= 0.3 is 6.03 Å². The Kier molecular flexibility index (Phi) is 5.36. The summed E-state index contributed by atoms with van der Waals surface area (Å²) < 4.78 is 72.6. The number of amides is 5. The summed E-state index contributed by atoms with van der Waals surface area (Å²) in [6.45, 7) is -2.41. The molecular formula is C28H47N5O5. The molecule has 0 aromatic carbocycles. The third-order valence-corrected chi connectivity index (χ3v) is 8.03. The number of carbonyl (C=O) groups is 5. The molecular weight excluding hydrogens is 486 g/mol. The Balaban J connectivity index is 2.06. The maximum atomic E-state index is 14.4. The number of likely N-dealkylation sites (tertiary alicyclic amines) is 1. The van der Waals surface area contributed by atoms with Crippen molar-refractivity contribution in [3.8, 4) is 0 Å². The Labute approximate surface area is 239 Å². The molecule has 0 bridgehead atoms. The van der Waals surface area contributed by atoms with Crippen LogP contribution in [0.25, 0.3) is 0 Å². The van der Waals surface area contributed by atoms with E-state index in [4.69, 9.17) is 18.1 Å². The normalized spacial score (nSPS) is 30.4. The molecule has 2 aliphatic carbocycles. The van der Waals surface area contributed by atoms with E-state index in [-0.39, 0.29) is 24.8 Å². The molecule has 0 aromatic rings. The van der Waals surface area contributed by atoms with E-state index in [2.05, 4.69) is 16.0 Å². The lowest BCUT2D eigenvalue weighted by Crippen LogP contribution is -2.60. The van der Waals surface area contributed by atoms with Gasteiger partial charge in [-0.2, -0.15) is 0 Å². The first-order valence-corrected chi connectivity index (χ1v) is 13.1. The number of fused-ring (bicyclic) bond motifs is 1. The van der Waals surface area contributed by atoms with Crippen LogP contribution in [0.2, 0.25) is 0 Å². The number of ketones is 1. The molecule has 5 atom stereocenters. The largest absolute Gasteiger partial charge is 0.363 e. The lowest BCUT2D eigenvalue weighted by atomic mass is 9.80. The minimum absolute atomic E-state index is 0.0486. The van der Waals surface area contributed by atoms with Crippen molar-refractivity contribution in [3.63, 3.8) is 0 Å². The number of nitrogens with one attached hydrogen (secondary N) is 3. The molecule has 10 nitrogen and oxygen atoms in total. The average Bonchev–Trinajstić information content (AvgIpc) is 3.16. The third kappa shape index (κ3) is 6.86. The fourth-order valence-corrected chi connectivity index (χ4v) is 5.78. The van der Waals surface area contributed by atoms with Crippen molar-refractivity contribution in [2.75, 3.05) is 6.54 Å². The van der Waals surface area contributed by atoms with Gasteiger partial charge in [0.15, 0.2) is 0 Å². The molecule has 2 saturated carbocycles. The van der Waals surface area contributed by atoms with E-state index < -0.39 is 96.9 Å². The third-order valence-electron chi connectivity index (χ3n) is 8.03. The van der Waals surface area contributed by atoms with E-state index >= 15 is 0 Å². The second kappa shape index (κ2) is 10.5. The first kappa shape index (κ1) is 19.4. The van der Waals surface area contributed by atoms with Crippen molar-refractivity contribution < 1.29 is 36.3 Å². The molecule has 1 heterocycles. The van der Waals surface area contributed by atoms with E-state index in [1.165, 1.54) is 0 Å². The summed E-state index contributed by atoms with van der Waals surface area (Å²) in [6, 6.07) is -5.51. The quantitative estimate of drug-likeness (QED) is 0.329. The molecule has 5 amide bonds. The summed E-state index contributed by atoms with van der Waals surface area (Å²) in [5, 5.41) is 7.44. The molecule has 0 radical (unpaired) electrons. The van der Waals surface area contributed by atoms with Crippen LogP contribution in [-0.4, -0.2) is 64.6 Å². The number of primary amides is 1. The number of carbonyl (C=O) groups excluding carboxylic acids is 5. The molecule has 10 heteroatoms. The molecule has 1 aliphatic heterocycles. The summed E-state index contributed by atoms with van der Waals surface area (Å²) in [7, 11) is 0. The number of hydrogen-bond acceptors (Lipinski definition) is 5. The average molecular weight is 543 g/mol. The van der Waals surface area contributed by atoms with Crippen LogP contribution in [0.4, 0.5) is 4.79 Å². The molecule has 5 N–H and O–H groups in total. The van der Waals surface area contributed by atoms with Crippen molar-refractivity contribution in [1.82, 2.24) is 20.9 Å². The van der Waals surface area contributed by atoms with Crippen molar-refractivity contribution in [3.05, 3.63) is 0 Å². The Morgan fingerprint density at radius 2 is 1.68 bits per heavy atom. The van der Waals surface area contributed by atoms with Gasteiger partial charge in [0.05, 0.1) is 6.04 Å². The van der Waals surface area contributed by atoms with Gasteiger partial charge in [0, 0.05) is 24.4 Å². The van der Waals surface area contributed by atoms with Crippen LogP contribution in [0.1, 0.15) is 99.6 Å². The van der Waals surface area contributed by atoms with E-state index in [9.17, 15) is 24.0 Å². The molecule has 0 spiro atoms. The Morgan fingerprint density at radius 3 is 2.18 bits per heavy atom. The fraction of sp³-hybridized carbons (Fsp3) is 0.821. The van der Waals surface area contributed by atoms with Crippen LogP contribution in [0, 0.1) is 28.6 Å². The molecule has 1 saturated heterocycles. The van der Waals surface area contributed by atoms with Crippen molar-refractivity contribution >= 4 is 29.5 Å². The molecule has 0 aromatic heterocycles. The van der Waals surface area contributed by atoms with E-state index in [1.807, 2.05) is 13.8 Å². The van der Waals surface area contributed by atoms with Gasteiger partial charge in [-0.1, -0.05) is 53.7 Å². The Bertz CT molecular complexity index is 1230. The van der Waals surface area contributed by atoms with Crippen LogP contribution in [-0.2, 0) is 19.2 Å². The standard InChI is InChI=1S/C28H47N5O5/c1-26(2,3)13-18(31-25(38)32-27(4,5)6)24(37)33-14-16-19(28(16,7)8)20(33)23(36)30-17(21(34)22(29)35)12-15-10-9-11-15/h15-20H,9-14H2,1-8H3,(H2,29,35)(H,30,36)(H2,31,32,38)/t16-,17?,18-,19-,20-/m0/s1/i1D3,2D3,3D3. The van der Waals surface area contributed by atoms with E-state index in [0.29, 0.717) is 0 Å². The fourth-order valence-electron chi connectivity index (χ4n) is 5.78. The highest BCUT2D eigenvalue weighted by Gasteiger charge is 2.69. The molecule has 3 rings (SSSR count). The lowest BCUT2D eigenvalue weighted by Gasteiger charge is -2.36.